The molecule has 2 aromatic carbocycles. The zero-order valence-corrected chi connectivity index (χ0v) is 16.5. The van der Waals surface area contributed by atoms with E-state index < -0.39 is 0 Å². The van der Waals surface area contributed by atoms with Crippen molar-refractivity contribution in [3.05, 3.63) is 53.1 Å². The number of thioether (sulfide) groups is 1. The third kappa shape index (κ3) is 7.32. The van der Waals surface area contributed by atoms with Crippen LogP contribution >= 0.6 is 23.4 Å². The lowest BCUT2D eigenvalue weighted by Crippen LogP contribution is -2.18. The van der Waals surface area contributed by atoms with Crippen LogP contribution in [0.2, 0.25) is 5.02 Å². The highest BCUT2D eigenvalue weighted by molar-refractivity contribution is 8.00. The molecule has 0 unspecified atom stereocenters. The molecule has 142 valence electrons. The highest BCUT2D eigenvalue weighted by atomic mass is 35.5. The zero-order valence-electron chi connectivity index (χ0n) is 15.0. The van der Waals surface area contributed by atoms with Crippen molar-refractivity contribution in [2.75, 3.05) is 27.5 Å². The Morgan fingerprint density at radius 1 is 0.889 bits per heavy atom. The molecule has 0 saturated heterocycles. The van der Waals surface area contributed by atoms with Crippen LogP contribution < -0.4 is 16.0 Å². The molecule has 6 nitrogen and oxygen atoms in total. The van der Waals surface area contributed by atoms with E-state index in [0.717, 1.165) is 5.56 Å². The highest BCUT2D eigenvalue weighted by Gasteiger charge is 2.08. The molecule has 0 spiro atoms. The van der Waals surface area contributed by atoms with Gasteiger partial charge in [0.1, 0.15) is 0 Å². The molecule has 2 aromatic rings. The molecule has 0 aromatic heterocycles. The van der Waals surface area contributed by atoms with Crippen molar-refractivity contribution in [2.45, 2.75) is 13.8 Å². The topological polar surface area (TPSA) is 87.3 Å². The van der Waals surface area contributed by atoms with Gasteiger partial charge in [-0.3, -0.25) is 14.4 Å². The number of hydrogen-bond donors (Lipinski definition) is 3. The largest absolute Gasteiger partial charge is 0.326 e. The molecular weight excluding hydrogens is 386 g/mol. The maximum absolute atomic E-state index is 12.0. The van der Waals surface area contributed by atoms with Gasteiger partial charge in [0.15, 0.2) is 0 Å². The Hall–Kier alpha value is -2.51. The third-order valence-corrected chi connectivity index (χ3v) is 4.59. The summed E-state index contributed by atoms with van der Waals surface area (Å²) in [6.07, 6.45) is 0. The summed E-state index contributed by atoms with van der Waals surface area (Å²) in [5.41, 5.74) is 2.86. The van der Waals surface area contributed by atoms with Crippen molar-refractivity contribution in [3.63, 3.8) is 0 Å². The molecule has 0 saturated carbocycles. The molecule has 0 bridgehead atoms. The van der Waals surface area contributed by atoms with E-state index in [4.69, 9.17) is 11.6 Å². The van der Waals surface area contributed by atoms with Gasteiger partial charge in [0.25, 0.3) is 0 Å². The number of amides is 3. The van der Waals surface area contributed by atoms with Gasteiger partial charge in [-0.1, -0.05) is 11.6 Å². The minimum Gasteiger partial charge on any atom is -0.326 e. The summed E-state index contributed by atoms with van der Waals surface area (Å²) >= 11 is 7.11. The molecule has 3 N–H and O–H groups in total. The van der Waals surface area contributed by atoms with E-state index in [0.29, 0.717) is 22.1 Å². The van der Waals surface area contributed by atoms with Crippen molar-refractivity contribution < 1.29 is 14.4 Å². The second kappa shape index (κ2) is 9.99. The van der Waals surface area contributed by atoms with Crippen LogP contribution in [0.15, 0.2) is 42.5 Å². The molecule has 0 aliphatic heterocycles. The molecule has 0 heterocycles. The third-order valence-electron chi connectivity index (χ3n) is 3.42. The van der Waals surface area contributed by atoms with Gasteiger partial charge >= 0.3 is 0 Å². The Morgan fingerprint density at radius 3 is 2.00 bits per heavy atom. The van der Waals surface area contributed by atoms with Crippen LogP contribution in [-0.4, -0.2) is 29.2 Å². The Bertz CT molecular complexity index is 841. The minimum atomic E-state index is -0.206. The van der Waals surface area contributed by atoms with Crippen LogP contribution in [0.25, 0.3) is 0 Å². The number of aryl methyl sites for hydroxylation is 1. The van der Waals surface area contributed by atoms with E-state index in [1.807, 2.05) is 6.92 Å². The number of halogens is 1. The normalized spacial score (nSPS) is 10.2. The van der Waals surface area contributed by atoms with Gasteiger partial charge in [-0.25, -0.2) is 0 Å². The maximum atomic E-state index is 12.0. The highest BCUT2D eigenvalue weighted by Crippen LogP contribution is 2.20. The van der Waals surface area contributed by atoms with Crippen LogP contribution in [0.5, 0.6) is 0 Å². The first-order valence-corrected chi connectivity index (χ1v) is 9.68. The van der Waals surface area contributed by atoms with Crippen LogP contribution in [0, 0.1) is 6.92 Å². The van der Waals surface area contributed by atoms with Gasteiger partial charge in [-0.2, -0.15) is 0 Å². The molecule has 0 aliphatic carbocycles. The molecule has 27 heavy (non-hydrogen) atoms. The molecule has 0 fully saturated rings. The summed E-state index contributed by atoms with van der Waals surface area (Å²) in [6, 6.07) is 12.0. The Morgan fingerprint density at radius 2 is 1.44 bits per heavy atom. The number of hydrogen-bond acceptors (Lipinski definition) is 4. The first kappa shape index (κ1) is 20.8. The minimum absolute atomic E-state index is 0.153. The average molecular weight is 406 g/mol. The predicted octanol–water partition coefficient (Wildman–Crippen LogP) is 3.92. The van der Waals surface area contributed by atoms with Gasteiger partial charge < -0.3 is 16.0 Å². The summed E-state index contributed by atoms with van der Waals surface area (Å²) in [6.45, 7) is 3.29. The summed E-state index contributed by atoms with van der Waals surface area (Å²) in [5, 5.41) is 8.80. The van der Waals surface area contributed by atoms with Crippen molar-refractivity contribution in [2.24, 2.45) is 0 Å². The van der Waals surface area contributed by atoms with Crippen molar-refractivity contribution in [3.8, 4) is 0 Å². The molecule has 8 heteroatoms. The summed E-state index contributed by atoms with van der Waals surface area (Å²) in [4.78, 5) is 34.9. The Kier molecular flexibility index (Phi) is 7.69. The first-order valence-electron chi connectivity index (χ1n) is 8.15. The zero-order chi connectivity index (χ0) is 19.8. The number of rotatable bonds is 7. The lowest BCUT2D eigenvalue weighted by Gasteiger charge is -2.09. The fourth-order valence-electron chi connectivity index (χ4n) is 2.23. The molecule has 0 radical (unpaired) electrons. The molecule has 3 amide bonds. The molecule has 0 aliphatic rings. The number of carbonyl (C=O) groups is 3. The predicted molar refractivity (Wildman–Crippen MR) is 112 cm³/mol. The molecule has 2 rings (SSSR count). The number of benzene rings is 2. The fraction of sp³-hybridized carbons (Fsp3) is 0.211. The standard InChI is InChI=1S/C19H20ClN3O3S/c1-12-9-14(20)3-8-17(12)23-19(26)11-27-10-18(25)22-16-6-4-15(5-7-16)21-13(2)24/h3-9H,10-11H2,1-2H3,(H,21,24)(H,22,25)(H,23,26). The van der Waals surface area contributed by atoms with E-state index in [-0.39, 0.29) is 29.2 Å². The van der Waals surface area contributed by atoms with Crippen LogP contribution in [-0.2, 0) is 14.4 Å². The molecule has 0 atom stereocenters. The van der Waals surface area contributed by atoms with E-state index in [2.05, 4.69) is 16.0 Å². The Labute approximate surface area is 167 Å². The van der Waals surface area contributed by atoms with Gasteiger partial charge in [0.05, 0.1) is 11.5 Å². The smallest absolute Gasteiger partial charge is 0.234 e. The average Bonchev–Trinajstić information content (AvgIpc) is 2.59. The van der Waals surface area contributed by atoms with Crippen molar-refractivity contribution >= 4 is 58.1 Å². The van der Waals surface area contributed by atoms with Crippen LogP contribution in [0.4, 0.5) is 17.1 Å². The van der Waals surface area contributed by atoms with E-state index >= 15 is 0 Å². The number of anilines is 3. The van der Waals surface area contributed by atoms with E-state index in [1.54, 1.807) is 42.5 Å². The van der Waals surface area contributed by atoms with Gasteiger partial charge in [-0.15, -0.1) is 11.8 Å². The summed E-state index contributed by atoms with van der Waals surface area (Å²) in [7, 11) is 0. The van der Waals surface area contributed by atoms with Gasteiger partial charge in [-0.05, 0) is 55.0 Å². The van der Waals surface area contributed by atoms with Gasteiger partial charge in [0, 0.05) is 29.0 Å². The Balaban J connectivity index is 1.73. The van der Waals surface area contributed by atoms with Crippen molar-refractivity contribution in [1.82, 2.24) is 0 Å². The summed E-state index contributed by atoms with van der Waals surface area (Å²) < 4.78 is 0. The lowest BCUT2D eigenvalue weighted by atomic mass is 10.2. The summed E-state index contributed by atoms with van der Waals surface area (Å²) in [5.74, 6) is -0.229. The quantitative estimate of drug-likeness (QED) is 0.651. The maximum Gasteiger partial charge on any atom is 0.234 e. The second-order valence-corrected chi connectivity index (χ2v) is 7.23. The second-order valence-electron chi connectivity index (χ2n) is 5.81. The monoisotopic (exact) mass is 405 g/mol. The fourth-order valence-corrected chi connectivity index (χ4v) is 3.07. The van der Waals surface area contributed by atoms with E-state index in [9.17, 15) is 14.4 Å². The van der Waals surface area contributed by atoms with Crippen molar-refractivity contribution in [1.29, 1.82) is 0 Å². The van der Waals surface area contributed by atoms with Crippen LogP contribution in [0.1, 0.15) is 12.5 Å². The number of carbonyl (C=O) groups excluding carboxylic acids is 3. The van der Waals surface area contributed by atoms with E-state index in [1.165, 1.54) is 18.7 Å². The van der Waals surface area contributed by atoms with Crippen LogP contribution in [0.3, 0.4) is 0 Å². The molecular formula is C19H20ClN3O3S. The number of nitrogens with one attached hydrogen (secondary N) is 3. The van der Waals surface area contributed by atoms with Gasteiger partial charge in [0.2, 0.25) is 17.7 Å². The first-order chi connectivity index (χ1) is 12.8. The lowest BCUT2D eigenvalue weighted by molar-refractivity contribution is -0.115. The SMILES string of the molecule is CC(=O)Nc1ccc(NC(=O)CSCC(=O)Nc2ccc(Cl)cc2C)cc1.